The van der Waals surface area contributed by atoms with Gasteiger partial charge in [-0.05, 0) is 74.5 Å². The first kappa shape index (κ1) is 22.0. The van der Waals surface area contributed by atoms with Gasteiger partial charge >= 0.3 is 0 Å². The Morgan fingerprint density at radius 1 is 1.06 bits per heavy atom. The minimum Gasteiger partial charge on any atom is -0.462 e. The van der Waals surface area contributed by atoms with Crippen LogP contribution in [0.3, 0.4) is 0 Å². The van der Waals surface area contributed by atoms with E-state index in [1.165, 1.54) is 6.07 Å². The van der Waals surface area contributed by atoms with E-state index in [1.54, 1.807) is 49.6 Å². The maximum Gasteiger partial charge on any atom is 0.227 e. The van der Waals surface area contributed by atoms with Gasteiger partial charge in [-0.2, -0.15) is 0 Å². The number of benzene rings is 2. The van der Waals surface area contributed by atoms with Gasteiger partial charge in [0.05, 0.1) is 6.54 Å². The number of carbonyl (C=O) groups excluding carboxylic acids is 1. The fourth-order valence-corrected chi connectivity index (χ4v) is 3.81. The number of rotatable bonds is 8. The zero-order valence-electron chi connectivity index (χ0n) is 18.1. The highest BCUT2D eigenvalue weighted by Crippen LogP contribution is 2.26. The van der Waals surface area contributed by atoms with Gasteiger partial charge in [-0.15, -0.1) is 0 Å². The first-order chi connectivity index (χ1) is 15.6. The Labute approximate surface area is 186 Å². The Hall–Kier alpha value is -3.16. The van der Waals surface area contributed by atoms with Crippen LogP contribution in [0.2, 0.25) is 0 Å². The third-order valence-corrected chi connectivity index (χ3v) is 5.53. The number of piperidine rings is 1. The minimum absolute atomic E-state index is 0.0211. The Kier molecular flexibility index (Phi) is 7.19. The number of hydrogen-bond acceptors (Lipinski definition) is 5. The van der Waals surface area contributed by atoms with Crippen LogP contribution in [0.25, 0.3) is 0 Å². The van der Waals surface area contributed by atoms with Crippen molar-refractivity contribution < 1.29 is 23.1 Å². The maximum atomic E-state index is 13.7. The van der Waals surface area contributed by atoms with E-state index >= 15 is 0 Å². The summed E-state index contributed by atoms with van der Waals surface area (Å²) in [6.07, 6.45) is 1.60. The summed E-state index contributed by atoms with van der Waals surface area (Å²) in [6, 6.07) is 17.1. The average Bonchev–Trinajstić information content (AvgIpc) is 3.24. The molecule has 2 heterocycles. The highest BCUT2D eigenvalue weighted by atomic mass is 19.1. The molecule has 32 heavy (non-hydrogen) atoms. The quantitative estimate of drug-likeness (QED) is 0.523. The molecule has 6 nitrogen and oxygen atoms in total. The van der Waals surface area contributed by atoms with Crippen molar-refractivity contribution in [1.29, 1.82) is 0 Å². The van der Waals surface area contributed by atoms with Gasteiger partial charge in [0.2, 0.25) is 5.91 Å². The molecule has 1 saturated heterocycles. The highest BCUT2D eigenvalue weighted by molar-refractivity contribution is 5.92. The molecule has 1 aliphatic heterocycles. The van der Waals surface area contributed by atoms with Gasteiger partial charge in [0.15, 0.2) is 11.6 Å². The number of methoxy groups -OCH3 is 1. The predicted octanol–water partition coefficient (Wildman–Crippen LogP) is 5.21. The normalized spacial score (nSPS) is 14.9. The van der Waals surface area contributed by atoms with Gasteiger partial charge in [0.25, 0.3) is 0 Å². The molecule has 0 spiro atoms. The Morgan fingerprint density at radius 2 is 1.78 bits per heavy atom. The van der Waals surface area contributed by atoms with E-state index in [1.807, 2.05) is 12.1 Å². The Morgan fingerprint density at radius 3 is 2.50 bits per heavy atom. The molecule has 4 rings (SSSR count). The second kappa shape index (κ2) is 10.4. The second-order valence-electron chi connectivity index (χ2n) is 7.90. The predicted molar refractivity (Wildman–Crippen MR) is 119 cm³/mol. The van der Waals surface area contributed by atoms with Crippen molar-refractivity contribution in [2.45, 2.75) is 26.0 Å². The first-order valence-electron chi connectivity index (χ1n) is 10.7. The number of anilines is 1. The van der Waals surface area contributed by atoms with Crippen LogP contribution in [0, 0.1) is 11.7 Å². The molecule has 1 amide bonds. The summed E-state index contributed by atoms with van der Waals surface area (Å²) in [5.41, 5.74) is 0.694. The fourth-order valence-electron chi connectivity index (χ4n) is 3.81. The molecule has 0 saturated carbocycles. The Bertz CT molecular complexity index is 1030. The zero-order chi connectivity index (χ0) is 22.3. The number of para-hydroxylation sites is 1. The molecule has 1 aliphatic rings. The molecule has 0 aliphatic carbocycles. The topological polar surface area (TPSA) is 63.9 Å². The number of halogens is 1. The van der Waals surface area contributed by atoms with E-state index in [-0.39, 0.29) is 17.6 Å². The number of furan rings is 1. The van der Waals surface area contributed by atoms with Gasteiger partial charge in [0, 0.05) is 18.7 Å². The lowest BCUT2D eigenvalue weighted by atomic mass is 9.95. The van der Waals surface area contributed by atoms with Crippen molar-refractivity contribution >= 4 is 11.6 Å². The summed E-state index contributed by atoms with van der Waals surface area (Å²) in [7, 11) is 1.64. The van der Waals surface area contributed by atoms with Gasteiger partial charge in [-0.25, -0.2) is 4.39 Å². The maximum absolute atomic E-state index is 13.7. The van der Waals surface area contributed by atoms with Crippen LogP contribution in [-0.4, -0.2) is 31.0 Å². The zero-order valence-corrected chi connectivity index (χ0v) is 18.1. The lowest BCUT2D eigenvalue weighted by Gasteiger charge is -2.30. The van der Waals surface area contributed by atoms with E-state index in [0.29, 0.717) is 18.0 Å². The number of nitrogens with one attached hydrogen (secondary N) is 1. The van der Waals surface area contributed by atoms with Crippen molar-refractivity contribution in [3.63, 3.8) is 0 Å². The monoisotopic (exact) mass is 438 g/mol. The first-order valence-corrected chi connectivity index (χ1v) is 10.7. The van der Waals surface area contributed by atoms with Gasteiger partial charge in [-0.3, -0.25) is 9.69 Å². The molecule has 1 aromatic heterocycles. The van der Waals surface area contributed by atoms with Gasteiger partial charge in [0.1, 0.15) is 23.9 Å². The van der Waals surface area contributed by atoms with Crippen LogP contribution in [0.1, 0.15) is 24.4 Å². The van der Waals surface area contributed by atoms with Crippen LogP contribution in [0.15, 0.2) is 65.1 Å². The number of carbonyl (C=O) groups is 1. The SMILES string of the molecule is COCc1ccc(CN2CCC(C(=O)Nc3ccc(Oc4ccccc4F)cc3)CC2)o1. The molecule has 3 aromatic rings. The number of likely N-dealkylation sites (tertiary alicyclic amines) is 1. The molecule has 1 fully saturated rings. The van der Waals surface area contributed by atoms with Crippen LogP contribution < -0.4 is 10.1 Å². The molecule has 1 N–H and O–H groups in total. The van der Waals surface area contributed by atoms with Crippen molar-refractivity contribution in [3.8, 4) is 11.5 Å². The van der Waals surface area contributed by atoms with E-state index in [4.69, 9.17) is 13.9 Å². The summed E-state index contributed by atoms with van der Waals surface area (Å²) in [4.78, 5) is 15.0. The smallest absolute Gasteiger partial charge is 0.227 e. The molecule has 0 atom stereocenters. The molecular weight excluding hydrogens is 411 g/mol. The third-order valence-electron chi connectivity index (χ3n) is 5.53. The fraction of sp³-hybridized carbons (Fsp3) is 0.320. The van der Waals surface area contributed by atoms with Crippen molar-refractivity contribution in [1.82, 2.24) is 4.90 Å². The van der Waals surface area contributed by atoms with Crippen LogP contribution >= 0.6 is 0 Å². The summed E-state index contributed by atoms with van der Waals surface area (Å²) in [5, 5.41) is 2.98. The number of hydrogen-bond donors (Lipinski definition) is 1. The van der Waals surface area contributed by atoms with Crippen LogP contribution in [-0.2, 0) is 22.7 Å². The Balaban J connectivity index is 1.24. The van der Waals surface area contributed by atoms with E-state index < -0.39 is 5.82 Å². The third kappa shape index (κ3) is 5.75. The summed E-state index contributed by atoms with van der Waals surface area (Å²) >= 11 is 0. The number of ether oxygens (including phenoxy) is 2. The van der Waals surface area contributed by atoms with Crippen molar-refractivity contribution in [3.05, 3.63) is 78.0 Å². The summed E-state index contributed by atoms with van der Waals surface area (Å²) < 4.78 is 30.1. The summed E-state index contributed by atoms with van der Waals surface area (Å²) in [6.45, 7) is 2.89. The molecule has 0 unspecified atom stereocenters. The minimum atomic E-state index is -0.418. The molecule has 2 aromatic carbocycles. The molecule has 0 bridgehead atoms. The largest absolute Gasteiger partial charge is 0.462 e. The molecule has 7 heteroatoms. The lowest BCUT2D eigenvalue weighted by molar-refractivity contribution is -0.121. The summed E-state index contributed by atoms with van der Waals surface area (Å²) in [5.74, 6) is 1.99. The number of nitrogens with zero attached hydrogens (tertiary/aromatic N) is 1. The van der Waals surface area contributed by atoms with Crippen LogP contribution in [0.5, 0.6) is 11.5 Å². The molecule has 0 radical (unpaired) electrons. The van der Waals surface area contributed by atoms with E-state index in [9.17, 15) is 9.18 Å². The lowest BCUT2D eigenvalue weighted by Crippen LogP contribution is -2.37. The molecular formula is C25H27FN2O4. The van der Waals surface area contributed by atoms with E-state index in [2.05, 4.69) is 10.2 Å². The highest BCUT2D eigenvalue weighted by Gasteiger charge is 2.25. The van der Waals surface area contributed by atoms with Gasteiger partial charge < -0.3 is 19.2 Å². The van der Waals surface area contributed by atoms with E-state index in [0.717, 1.165) is 44.0 Å². The molecule has 168 valence electrons. The average molecular weight is 438 g/mol. The number of amides is 1. The van der Waals surface area contributed by atoms with Crippen molar-refractivity contribution in [2.75, 3.05) is 25.5 Å². The van der Waals surface area contributed by atoms with Crippen LogP contribution in [0.4, 0.5) is 10.1 Å². The van der Waals surface area contributed by atoms with Gasteiger partial charge in [-0.1, -0.05) is 12.1 Å². The standard InChI is InChI=1S/C25H27FN2O4/c1-30-17-22-11-10-21(31-22)16-28-14-12-18(13-15-28)25(29)27-19-6-8-20(9-7-19)32-24-5-3-2-4-23(24)26/h2-11,18H,12-17H2,1H3,(H,27,29). The second-order valence-corrected chi connectivity index (χ2v) is 7.90. The van der Waals surface area contributed by atoms with Crippen molar-refractivity contribution in [2.24, 2.45) is 5.92 Å².